The molecule has 4 rings (SSSR count). The lowest BCUT2D eigenvalue weighted by Crippen LogP contribution is -2.39. The van der Waals surface area contributed by atoms with Crippen molar-refractivity contribution in [1.82, 2.24) is 14.5 Å². The average molecular weight is 364 g/mol. The van der Waals surface area contributed by atoms with Gasteiger partial charge in [-0.3, -0.25) is 4.79 Å². The third kappa shape index (κ3) is 2.68. The van der Waals surface area contributed by atoms with Gasteiger partial charge in [-0.1, -0.05) is 0 Å². The lowest BCUT2D eigenvalue weighted by atomic mass is 10.0. The predicted octanol–water partition coefficient (Wildman–Crippen LogP) is 2.40. The Labute approximate surface area is 148 Å². The van der Waals surface area contributed by atoms with Gasteiger partial charge in [0.15, 0.2) is 11.6 Å². The van der Waals surface area contributed by atoms with E-state index in [1.165, 1.54) is 0 Å². The van der Waals surface area contributed by atoms with Crippen LogP contribution in [0.1, 0.15) is 42.0 Å². The molecule has 1 amide bonds. The first-order valence-corrected chi connectivity index (χ1v) is 8.57. The fourth-order valence-electron chi connectivity index (χ4n) is 4.12. The molecule has 5 nitrogen and oxygen atoms in total. The van der Waals surface area contributed by atoms with Crippen LogP contribution in [0.5, 0.6) is 0 Å². The lowest BCUT2D eigenvalue weighted by Gasteiger charge is -2.29. The summed E-state index contributed by atoms with van der Waals surface area (Å²) >= 11 is 0. The zero-order chi connectivity index (χ0) is 18.6. The van der Waals surface area contributed by atoms with Gasteiger partial charge < -0.3 is 15.2 Å². The largest absolute Gasteiger partial charge is 0.330 e. The number of fused-ring (bicyclic) bond motifs is 5. The summed E-state index contributed by atoms with van der Waals surface area (Å²) in [6.45, 7) is 2.61. The van der Waals surface area contributed by atoms with Crippen LogP contribution in [-0.2, 0) is 11.2 Å². The average Bonchev–Trinajstić information content (AvgIpc) is 3.25. The number of hydrogen-bond acceptors (Lipinski definition) is 3. The number of amides is 1. The van der Waals surface area contributed by atoms with Gasteiger partial charge in [0.1, 0.15) is 11.6 Å². The molecule has 8 heteroatoms. The molecule has 1 saturated heterocycles. The van der Waals surface area contributed by atoms with Crippen molar-refractivity contribution in [2.24, 2.45) is 5.73 Å². The van der Waals surface area contributed by atoms with Gasteiger partial charge in [-0.05, 0) is 31.4 Å². The molecule has 0 spiro atoms. The molecule has 3 heterocycles. The number of benzene rings is 1. The van der Waals surface area contributed by atoms with E-state index in [1.54, 1.807) is 11.1 Å². The Hall–Kier alpha value is -2.35. The fourth-order valence-corrected chi connectivity index (χ4v) is 4.12. The molecule has 0 saturated carbocycles. The summed E-state index contributed by atoms with van der Waals surface area (Å²) in [6.07, 6.45) is 2.63. The summed E-state index contributed by atoms with van der Waals surface area (Å²) in [5, 5.41) is 0. The third-order valence-corrected chi connectivity index (χ3v) is 5.28. The van der Waals surface area contributed by atoms with Crippen LogP contribution in [-0.4, -0.2) is 32.9 Å². The summed E-state index contributed by atoms with van der Waals surface area (Å²) in [4.78, 5) is 18.8. The van der Waals surface area contributed by atoms with Crippen LogP contribution in [0.2, 0.25) is 0 Å². The van der Waals surface area contributed by atoms with Crippen LogP contribution in [0.15, 0.2) is 18.3 Å². The summed E-state index contributed by atoms with van der Waals surface area (Å²) in [7, 11) is 0. The molecule has 2 aliphatic heterocycles. The quantitative estimate of drug-likeness (QED) is 0.848. The van der Waals surface area contributed by atoms with E-state index in [2.05, 4.69) is 9.55 Å². The number of nitrogens with zero attached hydrogens (tertiary/aromatic N) is 3. The number of nitrogens with two attached hydrogens (primary N) is 1. The van der Waals surface area contributed by atoms with Gasteiger partial charge in [0, 0.05) is 37.0 Å². The zero-order valence-electron chi connectivity index (χ0n) is 14.3. The van der Waals surface area contributed by atoms with Gasteiger partial charge >= 0.3 is 0 Å². The Morgan fingerprint density at radius 1 is 1.31 bits per heavy atom. The molecule has 0 radical (unpaired) electrons. The molecule has 2 aromatic rings. The van der Waals surface area contributed by atoms with Crippen molar-refractivity contribution in [3.63, 3.8) is 0 Å². The number of likely N-dealkylation sites (tertiary alicyclic amines) is 1. The van der Waals surface area contributed by atoms with Gasteiger partial charge in [0.25, 0.3) is 0 Å². The minimum absolute atomic E-state index is 0.0152. The van der Waals surface area contributed by atoms with E-state index in [9.17, 15) is 18.0 Å². The second-order valence-corrected chi connectivity index (χ2v) is 7.11. The SMILES string of the molecule is Cc1cnc2n1[C@H]1C[C@@H]2N(C(=O)C[C@H](N)Cc2cc(F)c(F)cc2F)C1. The number of carbonyl (C=O) groups is 1. The van der Waals surface area contributed by atoms with E-state index >= 15 is 0 Å². The van der Waals surface area contributed by atoms with Crippen molar-refractivity contribution in [3.05, 3.63) is 52.9 Å². The van der Waals surface area contributed by atoms with Crippen LogP contribution >= 0.6 is 0 Å². The molecule has 2 N–H and O–H groups in total. The van der Waals surface area contributed by atoms with Gasteiger partial charge in [-0.15, -0.1) is 0 Å². The fraction of sp³-hybridized carbons (Fsp3) is 0.444. The van der Waals surface area contributed by atoms with Crippen LogP contribution in [0, 0.1) is 24.4 Å². The highest BCUT2D eigenvalue weighted by Gasteiger charge is 2.46. The summed E-state index contributed by atoms with van der Waals surface area (Å²) < 4.78 is 42.2. The minimum atomic E-state index is -1.24. The summed E-state index contributed by atoms with van der Waals surface area (Å²) in [6, 6.07) is 0.810. The maximum atomic E-state index is 13.8. The van der Waals surface area contributed by atoms with Crippen molar-refractivity contribution >= 4 is 5.91 Å². The maximum absolute atomic E-state index is 13.8. The lowest BCUT2D eigenvalue weighted by molar-refractivity contribution is -0.133. The molecule has 1 aromatic heterocycles. The van der Waals surface area contributed by atoms with Gasteiger partial charge in [0.2, 0.25) is 5.91 Å². The third-order valence-electron chi connectivity index (χ3n) is 5.28. The van der Waals surface area contributed by atoms with Crippen LogP contribution in [0.25, 0.3) is 0 Å². The number of aromatic nitrogens is 2. The molecule has 3 atom stereocenters. The van der Waals surface area contributed by atoms with Crippen molar-refractivity contribution in [2.45, 2.75) is 44.3 Å². The Kier molecular flexibility index (Phi) is 4.02. The second-order valence-electron chi connectivity index (χ2n) is 7.11. The van der Waals surface area contributed by atoms with E-state index in [0.29, 0.717) is 12.6 Å². The van der Waals surface area contributed by atoms with E-state index in [-0.39, 0.29) is 36.4 Å². The number of aryl methyl sites for hydroxylation is 1. The maximum Gasteiger partial charge on any atom is 0.224 e. The van der Waals surface area contributed by atoms with Crippen molar-refractivity contribution < 1.29 is 18.0 Å². The van der Waals surface area contributed by atoms with Crippen molar-refractivity contribution in [1.29, 1.82) is 0 Å². The molecular formula is C18H19F3N4O. The Balaban J connectivity index is 1.42. The summed E-state index contributed by atoms with van der Waals surface area (Å²) in [5.41, 5.74) is 7.04. The van der Waals surface area contributed by atoms with Crippen molar-refractivity contribution in [3.8, 4) is 0 Å². The second kappa shape index (κ2) is 6.12. The van der Waals surface area contributed by atoms with Crippen LogP contribution in [0.4, 0.5) is 13.2 Å². The van der Waals surface area contributed by atoms with Crippen LogP contribution in [0.3, 0.4) is 0 Å². The normalized spacial score (nSPS) is 22.0. The summed E-state index contributed by atoms with van der Waals surface area (Å²) in [5.74, 6) is -2.45. The van der Waals surface area contributed by atoms with E-state index in [1.807, 2.05) is 6.92 Å². The van der Waals surface area contributed by atoms with E-state index in [4.69, 9.17) is 5.73 Å². The molecule has 138 valence electrons. The minimum Gasteiger partial charge on any atom is -0.330 e. The number of carbonyl (C=O) groups excluding carboxylic acids is 1. The first-order chi connectivity index (χ1) is 12.3. The first kappa shape index (κ1) is 17.1. The number of imidazole rings is 1. The van der Waals surface area contributed by atoms with E-state index in [0.717, 1.165) is 24.0 Å². The topological polar surface area (TPSA) is 64.2 Å². The molecule has 0 aliphatic carbocycles. The molecular weight excluding hydrogens is 345 g/mol. The van der Waals surface area contributed by atoms with Gasteiger partial charge in [-0.25, -0.2) is 18.2 Å². The smallest absolute Gasteiger partial charge is 0.224 e. The Bertz CT molecular complexity index is 882. The van der Waals surface area contributed by atoms with E-state index < -0.39 is 23.5 Å². The highest BCUT2D eigenvalue weighted by atomic mass is 19.2. The van der Waals surface area contributed by atoms with Crippen LogP contribution < -0.4 is 5.73 Å². The molecule has 26 heavy (non-hydrogen) atoms. The molecule has 1 aromatic carbocycles. The van der Waals surface area contributed by atoms with Gasteiger partial charge in [-0.2, -0.15) is 0 Å². The predicted molar refractivity (Wildman–Crippen MR) is 87.7 cm³/mol. The molecule has 1 fully saturated rings. The monoisotopic (exact) mass is 364 g/mol. The highest BCUT2D eigenvalue weighted by molar-refractivity contribution is 5.78. The molecule has 2 bridgehead atoms. The zero-order valence-corrected chi connectivity index (χ0v) is 14.3. The van der Waals surface area contributed by atoms with Crippen molar-refractivity contribution in [2.75, 3.05) is 6.54 Å². The standard InChI is InChI=1S/C18H19F3N4O/c1-9-7-23-18-16-5-12(25(9)18)8-24(16)17(26)4-11(22)2-10-3-14(20)15(21)6-13(10)19/h3,6-7,11-12,16H,2,4-5,8,22H2,1H3/t11-,12+,16+/m1/s1. The number of halogens is 3. The Morgan fingerprint density at radius 2 is 2.04 bits per heavy atom. The Morgan fingerprint density at radius 3 is 2.81 bits per heavy atom. The highest BCUT2D eigenvalue weighted by Crippen LogP contribution is 2.45. The molecule has 0 unspecified atom stereocenters. The first-order valence-electron chi connectivity index (χ1n) is 8.57. The number of hydrogen-bond donors (Lipinski definition) is 1. The number of rotatable bonds is 4. The van der Waals surface area contributed by atoms with Gasteiger partial charge in [0.05, 0.1) is 12.1 Å². The molecule has 2 aliphatic rings.